The van der Waals surface area contributed by atoms with Crippen LogP contribution in [0.25, 0.3) is 10.8 Å². The van der Waals surface area contributed by atoms with Gasteiger partial charge in [0.2, 0.25) is 21.8 Å². The molecule has 3 heterocycles. The van der Waals surface area contributed by atoms with Crippen LogP contribution in [-0.4, -0.2) is 84.3 Å². The average molecular weight is 557 g/mol. The molecule has 2 aliphatic heterocycles. The normalized spacial score (nSPS) is 19.3. The smallest absolute Gasteiger partial charge is 0.245 e. The van der Waals surface area contributed by atoms with Crippen LogP contribution in [0.2, 0.25) is 5.02 Å². The molecular formula is C27H29ClN4O5S. The third kappa shape index (κ3) is 5.26. The predicted molar refractivity (Wildman–Crippen MR) is 143 cm³/mol. The van der Waals surface area contributed by atoms with Gasteiger partial charge in [0, 0.05) is 30.9 Å². The standard InChI is InChI=1S/C27H29ClN4O5S/c1-19(26(33)30-12-14-37-15-13-30)31-11-9-25(27(31)34)32(18-23-4-2-3-10-29-23)38(35,36)24-8-6-20-16-22(28)7-5-21(20)17-24/h2-8,10,16-17,19,25H,9,11-15,18H2,1H3/t19-,25-/m0/s1. The Labute approximate surface area is 227 Å². The highest BCUT2D eigenvalue weighted by molar-refractivity contribution is 7.89. The van der Waals surface area contributed by atoms with Gasteiger partial charge in [-0.25, -0.2) is 8.42 Å². The maximum atomic E-state index is 14.0. The molecule has 0 radical (unpaired) electrons. The number of amides is 2. The number of likely N-dealkylation sites (tertiary alicyclic amines) is 1. The number of ether oxygens (including phenoxy) is 1. The first-order valence-electron chi connectivity index (χ1n) is 12.5. The van der Waals surface area contributed by atoms with Gasteiger partial charge in [0.1, 0.15) is 12.1 Å². The zero-order chi connectivity index (χ0) is 26.9. The molecule has 0 N–H and O–H groups in total. The van der Waals surface area contributed by atoms with Crippen LogP contribution in [0.15, 0.2) is 65.7 Å². The van der Waals surface area contributed by atoms with Crippen molar-refractivity contribution in [1.29, 1.82) is 0 Å². The van der Waals surface area contributed by atoms with E-state index in [2.05, 4.69) is 4.98 Å². The summed E-state index contributed by atoms with van der Waals surface area (Å²) in [5.41, 5.74) is 0.521. The van der Waals surface area contributed by atoms with Gasteiger partial charge in [0.15, 0.2) is 0 Å². The Morgan fingerprint density at radius 3 is 2.58 bits per heavy atom. The fourth-order valence-corrected chi connectivity index (χ4v) is 6.82. The van der Waals surface area contributed by atoms with E-state index in [-0.39, 0.29) is 36.2 Å². The van der Waals surface area contributed by atoms with Gasteiger partial charge in [-0.3, -0.25) is 14.6 Å². The second-order valence-corrected chi connectivity index (χ2v) is 11.8. The number of carbonyl (C=O) groups is 2. The first-order chi connectivity index (χ1) is 18.3. The van der Waals surface area contributed by atoms with Crippen molar-refractivity contribution < 1.29 is 22.7 Å². The summed E-state index contributed by atoms with van der Waals surface area (Å²) in [6.07, 6.45) is 1.86. The summed E-state index contributed by atoms with van der Waals surface area (Å²) in [4.78, 5) is 34.3. The Balaban J connectivity index is 1.46. The Hall–Kier alpha value is -3.05. The van der Waals surface area contributed by atoms with E-state index in [1.807, 2.05) is 0 Å². The van der Waals surface area contributed by atoms with Crippen LogP contribution in [0.3, 0.4) is 0 Å². The summed E-state index contributed by atoms with van der Waals surface area (Å²) in [6.45, 7) is 3.78. The van der Waals surface area contributed by atoms with Gasteiger partial charge in [0.25, 0.3) is 0 Å². The van der Waals surface area contributed by atoms with Crippen molar-refractivity contribution in [2.75, 3.05) is 32.8 Å². The highest BCUT2D eigenvalue weighted by Gasteiger charge is 2.45. The minimum atomic E-state index is -4.11. The number of rotatable bonds is 7. The van der Waals surface area contributed by atoms with Crippen LogP contribution in [-0.2, 0) is 30.9 Å². The van der Waals surface area contributed by atoms with Crippen LogP contribution < -0.4 is 0 Å². The monoisotopic (exact) mass is 556 g/mol. The molecule has 0 saturated carbocycles. The molecule has 0 aliphatic carbocycles. The van der Waals surface area contributed by atoms with E-state index in [1.54, 1.807) is 66.6 Å². The summed E-state index contributed by atoms with van der Waals surface area (Å²) < 4.78 is 34.7. The van der Waals surface area contributed by atoms with Crippen molar-refractivity contribution in [2.45, 2.75) is 36.9 Å². The molecule has 0 bridgehead atoms. The van der Waals surface area contributed by atoms with E-state index in [4.69, 9.17) is 16.3 Å². The lowest BCUT2D eigenvalue weighted by atomic mass is 10.1. The van der Waals surface area contributed by atoms with E-state index in [0.717, 1.165) is 10.8 Å². The number of halogens is 1. The van der Waals surface area contributed by atoms with Crippen LogP contribution in [0.4, 0.5) is 0 Å². The zero-order valence-corrected chi connectivity index (χ0v) is 22.6. The molecule has 200 valence electrons. The average Bonchev–Trinajstić information content (AvgIpc) is 3.32. The molecular weight excluding hydrogens is 528 g/mol. The Morgan fingerprint density at radius 1 is 1.11 bits per heavy atom. The fraction of sp³-hybridized carbons (Fsp3) is 0.370. The Kier molecular flexibility index (Phi) is 7.67. The van der Waals surface area contributed by atoms with Gasteiger partial charge in [-0.1, -0.05) is 29.8 Å². The summed E-state index contributed by atoms with van der Waals surface area (Å²) in [6, 6.07) is 13.7. The minimum absolute atomic E-state index is 0.0716. The summed E-state index contributed by atoms with van der Waals surface area (Å²) in [7, 11) is -4.11. The van der Waals surface area contributed by atoms with Gasteiger partial charge in [-0.05, 0) is 60.5 Å². The molecule has 2 amide bonds. The molecule has 2 aliphatic rings. The van der Waals surface area contributed by atoms with Crippen molar-refractivity contribution in [3.05, 3.63) is 71.5 Å². The third-order valence-corrected chi connectivity index (χ3v) is 9.22. The largest absolute Gasteiger partial charge is 0.378 e. The number of nitrogens with zero attached hydrogens (tertiary/aromatic N) is 4. The summed E-state index contributed by atoms with van der Waals surface area (Å²) >= 11 is 6.09. The Bertz CT molecular complexity index is 1450. The minimum Gasteiger partial charge on any atom is -0.378 e. The van der Waals surface area contributed by atoms with Crippen molar-refractivity contribution in [3.63, 3.8) is 0 Å². The zero-order valence-electron chi connectivity index (χ0n) is 21.0. The number of fused-ring (bicyclic) bond motifs is 1. The van der Waals surface area contributed by atoms with Crippen LogP contribution in [0.5, 0.6) is 0 Å². The first kappa shape index (κ1) is 26.6. The number of hydrogen-bond acceptors (Lipinski definition) is 6. The second kappa shape index (κ2) is 11.0. The number of aromatic nitrogens is 1. The highest BCUT2D eigenvalue weighted by atomic mass is 35.5. The number of hydrogen-bond donors (Lipinski definition) is 0. The SMILES string of the molecule is C[C@@H](C(=O)N1CCOCC1)N1CC[C@H](N(Cc2ccccn2)S(=O)(=O)c2ccc3cc(Cl)ccc3c2)C1=O. The molecule has 9 nitrogen and oxygen atoms in total. The van der Waals surface area contributed by atoms with E-state index in [9.17, 15) is 18.0 Å². The van der Waals surface area contributed by atoms with E-state index in [0.29, 0.717) is 37.0 Å². The van der Waals surface area contributed by atoms with Crippen molar-refractivity contribution in [2.24, 2.45) is 0 Å². The molecule has 1 aromatic heterocycles. The maximum absolute atomic E-state index is 14.0. The van der Waals surface area contributed by atoms with E-state index in [1.165, 1.54) is 15.3 Å². The third-order valence-electron chi connectivity index (χ3n) is 7.13. The fourth-order valence-electron chi connectivity index (χ4n) is 5.02. The van der Waals surface area contributed by atoms with Gasteiger partial charge in [0.05, 0.1) is 30.3 Å². The topological polar surface area (TPSA) is 100 Å². The molecule has 2 fully saturated rings. The lowest BCUT2D eigenvalue weighted by molar-refractivity contribution is -0.146. The highest BCUT2D eigenvalue weighted by Crippen LogP contribution is 2.30. The van der Waals surface area contributed by atoms with Gasteiger partial charge in [-0.2, -0.15) is 4.31 Å². The molecule has 3 aromatic rings. The Morgan fingerprint density at radius 2 is 1.84 bits per heavy atom. The maximum Gasteiger partial charge on any atom is 0.245 e. The molecule has 2 atom stereocenters. The van der Waals surface area contributed by atoms with Crippen molar-refractivity contribution >= 4 is 44.2 Å². The lowest BCUT2D eigenvalue weighted by Gasteiger charge is -2.33. The number of carbonyl (C=O) groups excluding carboxylic acids is 2. The predicted octanol–water partition coefficient (Wildman–Crippen LogP) is 2.93. The van der Waals surface area contributed by atoms with Crippen LogP contribution in [0.1, 0.15) is 19.0 Å². The lowest BCUT2D eigenvalue weighted by Crippen LogP contribution is -2.53. The van der Waals surface area contributed by atoms with Gasteiger partial charge in [-0.15, -0.1) is 0 Å². The van der Waals surface area contributed by atoms with Crippen LogP contribution in [0, 0.1) is 0 Å². The number of morpholine rings is 1. The number of benzene rings is 2. The molecule has 0 unspecified atom stereocenters. The van der Waals surface area contributed by atoms with Gasteiger partial charge < -0.3 is 14.5 Å². The van der Waals surface area contributed by atoms with Gasteiger partial charge >= 0.3 is 0 Å². The molecule has 0 spiro atoms. The van der Waals surface area contributed by atoms with E-state index < -0.39 is 22.1 Å². The molecule has 5 rings (SSSR count). The first-order valence-corrected chi connectivity index (χ1v) is 14.4. The molecule has 11 heteroatoms. The molecule has 38 heavy (non-hydrogen) atoms. The van der Waals surface area contributed by atoms with E-state index >= 15 is 0 Å². The summed E-state index contributed by atoms with van der Waals surface area (Å²) in [5, 5.41) is 2.09. The van der Waals surface area contributed by atoms with Crippen LogP contribution >= 0.6 is 11.6 Å². The molecule has 2 saturated heterocycles. The second-order valence-electron chi connectivity index (χ2n) is 9.47. The summed E-state index contributed by atoms with van der Waals surface area (Å²) in [5.74, 6) is -0.541. The number of pyridine rings is 1. The molecule has 2 aromatic carbocycles. The van der Waals surface area contributed by atoms with Crippen molar-refractivity contribution in [1.82, 2.24) is 19.1 Å². The quantitative estimate of drug-likeness (QED) is 0.444. The van der Waals surface area contributed by atoms with Crippen molar-refractivity contribution in [3.8, 4) is 0 Å². The number of sulfonamides is 1.